The number of hydrogen-bond donors (Lipinski definition) is 1. The Morgan fingerprint density at radius 3 is 2.48 bits per heavy atom. The van der Waals surface area contributed by atoms with Crippen LogP contribution in [0.2, 0.25) is 0 Å². The number of carbonyl (C=O) groups excluding carboxylic acids is 1. The first-order valence-electron chi connectivity index (χ1n) is 11.1. The Morgan fingerprint density at radius 1 is 1.09 bits per heavy atom. The van der Waals surface area contributed by atoms with Gasteiger partial charge in [-0.25, -0.2) is 0 Å². The summed E-state index contributed by atoms with van der Waals surface area (Å²) in [5, 5.41) is 3.97. The molecule has 4 rings (SSSR count). The van der Waals surface area contributed by atoms with E-state index in [4.69, 9.17) is 4.74 Å². The molecule has 5 nitrogen and oxygen atoms in total. The standard InChI is InChI=1S/C25H28F3N3O2/c1-30-17-22(20-4-2-3-5-23(20)30)21(18-6-8-19(9-7-18)25(26,27)28)16-24(32)29-10-11-31-12-14-33-15-13-31/h2-9,17,21H,10-16H2,1H3,(H,29,32)/t21-/m1/s1. The van der Waals surface area contributed by atoms with Gasteiger partial charge in [0.05, 0.1) is 18.8 Å². The molecule has 1 atom stereocenters. The zero-order valence-electron chi connectivity index (χ0n) is 18.6. The first-order chi connectivity index (χ1) is 15.8. The Morgan fingerprint density at radius 2 is 1.79 bits per heavy atom. The molecule has 0 bridgehead atoms. The van der Waals surface area contributed by atoms with Crippen LogP contribution in [-0.4, -0.2) is 54.8 Å². The van der Waals surface area contributed by atoms with Crippen molar-refractivity contribution in [3.8, 4) is 0 Å². The molecular weight excluding hydrogens is 431 g/mol. The lowest BCUT2D eigenvalue weighted by atomic mass is 9.87. The number of nitrogens with zero attached hydrogens (tertiary/aromatic N) is 2. The maximum Gasteiger partial charge on any atom is 0.416 e. The lowest BCUT2D eigenvalue weighted by Gasteiger charge is -2.26. The SMILES string of the molecule is Cn1cc([C@H](CC(=O)NCCN2CCOCC2)c2ccc(C(F)(F)F)cc2)c2ccccc21. The molecule has 0 unspecified atom stereocenters. The lowest BCUT2D eigenvalue weighted by molar-refractivity contribution is -0.137. The fourth-order valence-electron chi connectivity index (χ4n) is 4.40. The van der Waals surface area contributed by atoms with Crippen LogP contribution in [-0.2, 0) is 22.8 Å². The Bertz CT molecular complexity index is 1090. The van der Waals surface area contributed by atoms with E-state index in [0.717, 1.165) is 48.2 Å². The number of hydrogen-bond acceptors (Lipinski definition) is 3. The third kappa shape index (κ3) is 5.57. The number of fused-ring (bicyclic) bond motifs is 1. The summed E-state index contributed by atoms with van der Waals surface area (Å²) in [6.07, 6.45) is -2.28. The van der Waals surface area contributed by atoms with Crippen molar-refractivity contribution in [3.05, 3.63) is 71.4 Å². The number of halogens is 3. The van der Waals surface area contributed by atoms with Gasteiger partial charge < -0.3 is 14.6 Å². The molecule has 1 aliphatic rings. The third-order valence-electron chi connectivity index (χ3n) is 6.19. The highest BCUT2D eigenvalue weighted by Crippen LogP contribution is 2.36. The number of nitrogens with one attached hydrogen (secondary N) is 1. The van der Waals surface area contributed by atoms with Crippen LogP contribution in [0.4, 0.5) is 13.2 Å². The number of rotatable bonds is 7. The molecule has 1 aromatic heterocycles. The molecule has 33 heavy (non-hydrogen) atoms. The van der Waals surface area contributed by atoms with Gasteiger partial charge in [-0.15, -0.1) is 0 Å². The quantitative estimate of drug-likeness (QED) is 0.577. The summed E-state index contributed by atoms with van der Waals surface area (Å²) in [6.45, 7) is 4.36. The highest BCUT2D eigenvalue weighted by Gasteiger charge is 2.31. The highest BCUT2D eigenvalue weighted by molar-refractivity contribution is 5.86. The Kier molecular flexibility index (Phi) is 7.05. The Balaban J connectivity index is 1.55. The topological polar surface area (TPSA) is 46.5 Å². The second-order valence-electron chi connectivity index (χ2n) is 8.39. The first-order valence-corrected chi connectivity index (χ1v) is 11.1. The molecule has 0 saturated carbocycles. The summed E-state index contributed by atoms with van der Waals surface area (Å²) in [5.74, 6) is -0.483. The molecule has 1 aliphatic heterocycles. The maximum atomic E-state index is 13.1. The first kappa shape index (κ1) is 23.3. The number of morpholine rings is 1. The number of carbonyl (C=O) groups is 1. The smallest absolute Gasteiger partial charge is 0.379 e. The molecule has 2 heterocycles. The number of aryl methyl sites for hydroxylation is 1. The fourth-order valence-corrected chi connectivity index (χ4v) is 4.40. The predicted octanol–water partition coefficient (Wildman–Crippen LogP) is 4.17. The normalized spacial score (nSPS) is 16.1. The second kappa shape index (κ2) is 9.97. The number of amides is 1. The van der Waals surface area contributed by atoms with Crippen LogP contribution in [0.3, 0.4) is 0 Å². The van der Waals surface area contributed by atoms with E-state index in [1.807, 2.05) is 42.1 Å². The minimum atomic E-state index is -4.40. The van der Waals surface area contributed by atoms with Gasteiger partial charge in [0, 0.05) is 62.7 Å². The van der Waals surface area contributed by atoms with E-state index >= 15 is 0 Å². The summed E-state index contributed by atoms with van der Waals surface area (Å²) in [6, 6.07) is 13.0. The number of aromatic nitrogens is 1. The molecule has 0 radical (unpaired) electrons. The van der Waals surface area contributed by atoms with Crippen molar-refractivity contribution in [1.29, 1.82) is 0 Å². The average molecular weight is 460 g/mol. The van der Waals surface area contributed by atoms with Gasteiger partial charge in [0.15, 0.2) is 0 Å². The van der Waals surface area contributed by atoms with Crippen LogP contribution in [0, 0.1) is 0 Å². The molecule has 0 spiro atoms. The van der Waals surface area contributed by atoms with Crippen LogP contribution < -0.4 is 5.32 Å². The second-order valence-corrected chi connectivity index (χ2v) is 8.39. The van der Waals surface area contributed by atoms with Crippen LogP contribution in [0.25, 0.3) is 10.9 Å². The molecule has 1 saturated heterocycles. The number of ether oxygens (including phenoxy) is 1. The van der Waals surface area contributed by atoms with Gasteiger partial charge in [0.25, 0.3) is 0 Å². The van der Waals surface area contributed by atoms with Crippen LogP contribution >= 0.6 is 0 Å². The molecule has 176 valence electrons. The third-order valence-corrected chi connectivity index (χ3v) is 6.19. The van der Waals surface area contributed by atoms with Crippen molar-refractivity contribution in [2.75, 3.05) is 39.4 Å². The van der Waals surface area contributed by atoms with Gasteiger partial charge in [0.2, 0.25) is 5.91 Å². The molecule has 0 aliphatic carbocycles. The van der Waals surface area contributed by atoms with Gasteiger partial charge in [-0.1, -0.05) is 30.3 Å². The van der Waals surface area contributed by atoms with Crippen molar-refractivity contribution in [2.24, 2.45) is 7.05 Å². The van der Waals surface area contributed by atoms with E-state index < -0.39 is 11.7 Å². The Labute approximate surface area is 191 Å². The van der Waals surface area contributed by atoms with E-state index in [1.165, 1.54) is 12.1 Å². The summed E-state index contributed by atoms with van der Waals surface area (Å²) >= 11 is 0. The fraction of sp³-hybridized carbons (Fsp3) is 0.400. The largest absolute Gasteiger partial charge is 0.416 e. The van der Waals surface area contributed by atoms with Crippen molar-refractivity contribution < 1.29 is 22.7 Å². The molecular formula is C25H28F3N3O2. The molecule has 3 aromatic rings. The van der Waals surface area contributed by atoms with Gasteiger partial charge in [-0.3, -0.25) is 9.69 Å². The van der Waals surface area contributed by atoms with E-state index in [2.05, 4.69) is 10.2 Å². The van der Waals surface area contributed by atoms with E-state index in [0.29, 0.717) is 25.3 Å². The number of para-hydroxylation sites is 1. The number of alkyl halides is 3. The monoisotopic (exact) mass is 459 g/mol. The summed E-state index contributed by atoms with van der Waals surface area (Å²) in [7, 11) is 1.93. The zero-order valence-corrected chi connectivity index (χ0v) is 18.6. The van der Waals surface area contributed by atoms with Gasteiger partial charge >= 0.3 is 6.18 Å². The summed E-state index contributed by atoms with van der Waals surface area (Å²) in [4.78, 5) is 15.1. The van der Waals surface area contributed by atoms with Crippen LogP contribution in [0.1, 0.15) is 29.0 Å². The van der Waals surface area contributed by atoms with E-state index in [1.54, 1.807) is 0 Å². The lowest BCUT2D eigenvalue weighted by Crippen LogP contribution is -2.41. The summed E-state index contributed by atoms with van der Waals surface area (Å²) < 4.78 is 46.6. The van der Waals surface area contributed by atoms with Gasteiger partial charge in [-0.05, 0) is 29.3 Å². The molecule has 1 amide bonds. The maximum absolute atomic E-state index is 13.1. The molecule has 2 aromatic carbocycles. The minimum Gasteiger partial charge on any atom is -0.379 e. The van der Waals surface area contributed by atoms with Crippen molar-refractivity contribution in [1.82, 2.24) is 14.8 Å². The zero-order chi connectivity index (χ0) is 23.4. The van der Waals surface area contributed by atoms with E-state index in [-0.39, 0.29) is 18.2 Å². The molecule has 1 N–H and O–H groups in total. The minimum absolute atomic E-state index is 0.124. The van der Waals surface area contributed by atoms with Crippen molar-refractivity contribution in [2.45, 2.75) is 18.5 Å². The van der Waals surface area contributed by atoms with Gasteiger partial charge in [0.1, 0.15) is 0 Å². The molecule has 8 heteroatoms. The summed E-state index contributed by atoms with van der Waals surface area (Å²) in [5.41, 5.74) is 1.92. The van der Waals surface area contributed by atoms with E-state index in [9.17, 15) is 18.0 Å². The van der Waals surface area contributed by atoms with Crippen molar-refractivity contribution in [3.63, 3.8) is 0 Å². The van der Waals surface area contributed by atoms with Gasteiger partial charge in [-0.2, -0.15) is 13.2 Å². The Hall–Kier alpha value is -2.84. The highest BCUT2D eigenvalue weighted by atomic mass is 19.4. The average Bonchev–Trinajstić information content (AvgIpc) is 3.14. The van der Waals surface area contributed by atoms with Crippen LogP contribution in [0.15, 0.2) is 54.7 Å². The molecule has 1 fully saturated rings. The van der Waals surface area contributed by atoms with Crippen molar-refractivity contribution >= 4 is 16.8 Å². The number of benzene rings is 2. The predicted molar refractivity (Wildman–Crippen MR) is 121 cm³/mol. The van der Waals surface area contributed by atoms with Crippen LogP contribution in [0.5, 0.6) is 0 Å².